The van der Waals surface area contributed by atoms with E-state index < -0.39 is 257 Å². The lowest BCUT2D eigenvalue weighted by atomic mass is 9.96. The molecule has 4 aliphatic rings. The lowest BCUT2D eigenvalue weighted by Gasteiger charge is -2.47. The van der Waals surface area contributed by atoms with Crippen LogP contribution in [0.25, 0.3) is 0 Å². The maximum absolute atomic E-state index is 13.0. The predicted octanol–water partition coefficient (Wildman–Crippen LogP) is -13.2. The fourth-order valence-corrected chi connectivity index (χ4v) is 11.3. The second kappa shape index (κ2) is 37.9. The van der Waals surface area contributed by atoms with Gasteiger partial charge in [-0.15, -0.1) is 23.5 Å². The largest absolute Gasteiger partial charge is 0.481 e. The summed E-state index contributed by atoms with van der Waals surface area (Å²) in [6.45, 7) is -3.76. The van der Waals surface area contributed by atoms with Gasteiger partial charge in [-0.25, -0.2) is 0 Å². The van der Waals surface area contributed by atoms with Crippen molar-refractivity contribution in [2.45, 2.75) is 167 Å². The van der Waals surface area contributed by atoms with Gasteiger partial charge in [-0.2, -0.15) is 0 Å². The number of ether oxygens (including phenoxy) is 6. The van der Waals surface area contributed by atoms with E-state index >= 15 is 0 Å². The molecule has 0 saturated carbocycles. The van der Waals surface area contributed by atoms with E-state index in [4.69, 9.17) is 33.5 Å². The van der Waals surface area contributed by atoms with Crippen molar-refractivity contribution in [1.29, 1.82) is 0 Å². The van der Waals surface area contributed by atoms with Crippen molar-refractivity contribution in [2.75, 3.05) is 77.2 Å². The predicted molar refractivity (Wildman–Crippen MR) is 297 cm³/mol. The Balaban J connectivity index is 1.16. The maximum atomic E-state index is 13.0. The molecule has 22 N–H and O–H groups in total. The Labute approximate surface area is 515 Å². The SMILES string of the molecule is CC(=O)N[C@@H]1[C@@H](O)[C@H](O[C@@H]2O[C@H](CO)[C@H](O)[C@H](O)[C@H]2O)[C@@H](CO)O[C@H]1SCC(=O)NCC(=O)NCC(=O)NCCCC[C@H](NC(=O)CNC(=O)CNC(=O)CS[C@@H]1O[C@H](CO)[C@@H](O[C@@H]2O[C@H](CO)[C@H](O)[C@H](O)[C@H]2O)[C@H](O)[C@H]1NC(C)=O)C(=O)NCCC(=O)O. The van der Waals surface area contributed by atoms with Gasteiger partial charge in [-0.05, 0) is 19.3 Å². The quantitative estimate of drug-likeness (QED) is 0.0266. The normalized spacial score (nSPS) is 32.2. The minimum Gasteiger partial charge on any atom is -0.481 e. The molecule has 4 heterocycles. The number of aliphatic hydroxyl groups excluding tert-OH is 12. The second-order valence-corrected chi connectivity index (χ2v) is 22.8. The summed E-state index contributed by atoms with van der Waals surface area (Å²) in [6.07, 6.45) is -26.5. The number of rotatable bonds is 34. The molecule has 4 saturated heterocycles. The molecule has 0 aliphatic carbocycles. The summed E-state index contributed by atoms with van der Waals surface area (Å²) in [5.74, 6) is -8.89. The van der Waals surface area contributed by atoms with Crippen LogP contribution in [0.15, 0.2) is 0 Å². The summed E-state index contributed by atoms with van der Waals surface area (Å²) in [5.41, 5.74) is -2.46. The average Bonchev–Trinajstić information content (AvgIpc) is 2.03. The van der Waals surface area contributed by atoms with E-state index in [1.54, 1.807) is 0 Å². The first-order valence-electron chi connectivity index (χ1n) is 27.8. The number of carbonyl (C=O) groups is 10. The van der Waals surface area contributed by atoms with Crippen LogP contribution in [0.2, 0.25) is 0 Å². The molecule has 0 radical (unpaired) electrons. The highest BCUT2D eigenvalue weighted by Crippen LogP contribution is 2.35. The summed E-state index contributed by atoms with van der Waals surface area (Å²) in [6, 6.07) is -3.90. The molecular weight excluding hydrogens is 1240 g/mol. The topological polar surface area (TPSA) is 597 Å². The molecule has 4 fully saturated rings. The number of nitrogens with one attached hydrogen (secondary N) is 9. The Morgan fingerprint density at radius 3 is 1.24 bits per heavy atom. The van der Waals surface area contributed by atoms with Gasteiger partial charge in [0.05, 0.1) is 82.6 Å². The summed E-state index contributed by atoms with van der Waals surface area (Å²) < 4.78 is 33.7. The fraction of sp³-hybridized carbons (Fsp3) is 0.796. The highest BCUT2D eigenvalue weighted by molar-refractivity contribution is 8.00. The van der Waals surface area contributed by atoms with Crippen LogP contribution < -0.4 is 47.9 Å². The van der Waals surface area contributed by atoms with Crippen LogP contribution in [0.1, 0.15) is 39.5 Å². The zero-order chi connectivity index (χ0) is 66.2. The monoisotopic (exact) mass is 1320 g/mol. The minimum atomic E-state index is -1.89. The summed E-state index contributed by atoms with van der Waals surface area (Å²) in [7, 11) is 0. The third kappa shape index (κ3) is 23.7. The van der Waals surface area contributed by atoms with Crippen molar-refractivity contribution in [3.63, 3.8) is 0 Å². The van der Waals surface area contributed by atoms with E-state index in [-0.39, 0.29) is 32.4 Å². The van der Waals surface area contributed by atoms with E-state index in [0.717, 1.165) is 37.4 Å². The number of hydrogen-bond acceptors (Lipinski definition) is 30. The van der Waals surface area contributed by atoms with Gasteiger partial charge in [0.25, 0.3) is 0 Å². The molecule has 21 atom stereocenters. The van der Waals surface area contributed by atoms with Crippen molar-refractivity contribution in [1.82, 2.24) is 47.9 Å². The molecule has 0 aromatic heterocycles. The first kappa shape index (κ1) is 76.1. The number of unbranched alkanes of at least 4 members (excludes halogenated alkanes) is 1. The third-order valence-corrected chi connectivity index (χ3v) is 16.1. The Morgan fingerprint density at radius 2 is 0.843 bits per heavy atom. The van der Waals surface area contributed by atoms with Gasteiger partial charge in [0.2, 0.25) is 53.2 Å². The highest BCUT2D eigenvalue weighted by Gasteiger charge is 2.53. The number of aliphatic hydroxyl groups is 12. The molecule has 9 amide bonds. The Hall–Kier alpha value is -5.32. The minimum absolute atomic E-state index is 0.0120. The molecule has 89 heavy (non-hydrogen) atoms. The zero-order valence-corrected chi connectivity index (χ0v) is 49.7. The van der Waals surface area contributed by atoms with Crippen LogP contribution in [0.4, 0.5) is 0 Å². The molecule has 0 aromatic rings. The van der Waals surface area contributed by atoms with E-state index in [1.165, 1.54) is 0 Å². The van der Waals surface area contributed by atoms with Crippen LogP contribution in [0.3, 0.4) is 0 Å². The van der Waals surface area contributed by atoms with Crippen molar-refractivity contribution in [3.05, 3.63) is 0 Å². The van der Waals surface area contributed by atoms with E-state index in [9.17, 15) is 109 Å². The smallest absolute Gasteiger partial charge is 0.305 e. The lowest BCUT2D eigenvalue weighted by Crippen LogP contribution is -2.66. The highest BCUT2D eigenvalue weighted by atomic mass is 32.2. The summed E-state index contributed by atoms with van der Waals surface area (Å²) in [5, 5.41) is 154. The van der Waals surface area contributed by atoms with Crippen LogP contribution in [-0.4, -0.2) is 330 Å². The number of carbonyl (C=O) groups excluding carboxylic acids is 9. The molecule has 0 bridgehead atoms. The van der Waals surface area contributed by atoms with Gasteiger partial charge >= 0.3 is 5.97 Å². The van der Waals surface area contributed by atoms with Gasteiger partial charge in [0, 0.05) is 26.9 Å². The molecule has 508 valence electrons. The van der Waals surface area contributed by atoms with Crippen molar-refractivity contribution < 1.29 is 143 Å². The van der Waals surface area contributed by atoms with E-state index in [0.29, 0.717) is 0 Å². The number of thioether (sulfide) groups is 2. The van der Waals surface area contributed by atoms with Crippen LogP contribution in [0.5, 0.6) is 0 Å². The van der Waals surface area contributed by atoms with Gasteiger partial charge in [0.1, 0.15) is 102 Å². The number of aliphatic carboxylic acids is 1. The lowest BCUT2D eigenvalue weighted by molar-refractivity contribution is -0.333. The molecule has 40 heteroatoms. The molecule has 4 rings (SSSR count). The third-order valence-electron chi connectivity index (χ3n) is 13.8. The van der Waals surface area contributed by atoms with Crippen molar-refractivity contribution in [3.8, 4) is 0 Å². The van der Waals surface area contributed by atoms with Gasteiger partial charge in [0.15, 0.2) is 12.6 Å². The second-order valence-electron chi connectivity index (χ2n) is 20.6. The Bertz CT molecular complexity index is 2360. The molecular formula is C49H81N9O29S2. The first-order valence-corrected chi connectivity index (χ1v) is 29.9. The van der Waals surface area contributed by atoms with Crippen LogP contribution in [0, 0.1) is 0 Å². The Kier molecular flexibility index (Phi) is 32.4. The number of amides is 9. The van der Waals surface area contributed by atoms with Crippen LogP contribution in [-0.2, 0) is 76.4 Å². The van der Waals surface area contributed by atoms with Gasteiger partial charge in [-0.3, -0.25) is 47.9 Å². The molecule has 0 aromatic carbocycles. The number of carboxylic acids is 1. The Morgan fingerprint density at radius 1 is 0.449 bits per heavy atom. The molecule has 4 aliphatic heterocycles. The zero-order valence-electron chi connectivity index (χ0n) is 48.1. The maximum Gasteiger partial charge on any atom is 0.305 e. The van der Waals surface area contributed by atoms with Gasteiger partial charge < -0.3 is 143 Å². The van der Waals surface area contributed by atoms with E-state index in [2.05, 4.69) is 47.9 Å². The number of hydrogen-bond donors (Lipinski definition) is 22. The van der Waals surface area contributed by atoms with Crippen molar-refractivity contribution in [2.24, 2.45) is 0 Å². The summed E-state index contributed by atoms with van der Waals surface area (Å²) in [4.78, 5) is 124. The summed E-state index contributed by atoms with van der Waals surface area (Å²) >= 11 is 1.48. The molecule has 0 unspecified atom stereocenters. The first-order chi connectivity index (χ1) is 42.1. The van der Waals surface area contributed by atoms with E-state index in [1.807, 2.05) is 0 Å². The fourth-order valence-electron chi connectivity index (χ4n) is 9.15. The molecule has 38 nitrogen and oxygen atoms in total. The van der Waals surface area contributed by atoms with Crippen molar-refractivity contribution >= 4 is 82.7 Å². The standard InChI is InChI=1S/C49H81N9O29S2/c1-19(63)56-33-37(75)43(86-46-41(79)39(77)35(73)22(13-59)82-46)24(15-61)84-48(33)88-17-30(69)54-10-27(66)52-9-26(65)50-7-4-3-5-21(45(81)51-8-6-32(71)72)58-29(68)12-53-28(67)11-55-31(70)18-89-49-34(57-20(2)64)38(76)44(25(16-62)85-49)87-47-42(80)40(78)36(74)23(14-60)83-47/h21-25,33-44,46-49,59-62,73-80H,3-18H2,1-2H3,(H,50,65)(H,51,81)(H,52,66)(H,53,67)(H,54,69)(H,55,70)(H,56,63)(H,57,64)(H,58,68)(H,71,72)/t21-,22+,23+,24+,25+,33+,34+,35-,36-,37+,38+,39-,40-,41+,42+,43+,44+,46-,47-,48-,49-/m0/s1. The molecule has 0 spiro atoms. The van der Waals surface area contributed by atoms with Gasteiger partial charge in [-0.1, -0.05) is 0 Å². The number of carboxylic acid groups (broad SMARTS) is 1. The average molecular weight is 1320 g/mol. The van der Waals surface area contributed by atoms with Crippen LogP contribution >= 0.6 is 23.5 Å².